The van der Waals surface area contributed by atoms with Gasteiger partial charge in [-0.2, -0.15) is 0 Å². The molecule has 2 aromatic rings. The van der Waals surface area contributed by atoms with Crippen LogP contribution in [0.2, 0.25) is 0 Å². The van der Waals surface area contributed by atoms with Crippen molar-refractivity contribution in [3.05, 3.63) is 53.0 Å². The van der Waals surface area contributed by atoms with E-state index in [1.807, 2.05) is 0 Å². The molecular formula is C15H12BrF3N2O2. The van der Waals surface area contributed by atoms with Gasteiger partial charge in [-0.1, -0.05) is 28.1 Å². The molecule has 2 rings (SSSR count). The van der Waals surface area contributed by atoms with Gasteiger partial charge in [0.05, 0.1) is 12.2 Å². The number of anilines is 2. The summed E-state index contributed by atoms with van der Waals surface area (Å²) >= 11 is 3.27. The molecular weight excluding hydrogens is 377 g/mol. The fraction of sp³-hybridized carbons (Fsp3) is 0.133. The summed E-state index contributed by atoms with van der Waals surface area (Å²) in [6.07, 6.45) is -4.79. The molecule has 2 N–H and O–H groups in total. The van der Waals surface area contributed by atoms with E-state index in [4.69, 9.17) is 0 Å². The lowest BCUT2D eigenvalue weighted by molar-refractivity contribution is -0.274. The van der Waals surface area contributed by atoms with Gasteiger partial charge in [-0.15, -0.1) is 13.2 Å². The number of alkyl halides is 3. The van der Waals surface area contributed by atoms with Crippen molar-refractivity contribution in [3.8, 4) is 5.75 Å². The van der Waals surface area contributed by atoms with Gasteiger partial charge >= 0.3 is 6.36 Å². The predicted molar refractivity (Wildman–Crippen MR) is 84.4 cm³/mol. The topological polar surface area (TPSA) is 50.4 Å². The van der Waals surface area contributed by atoms with Crippen LogP contribution in [0.1, 0.15) is 0 Å². The Morgan fingerprint density at radius 2 is 1.74 bits per heavy atom. The summed E-state index contributed by atoms with van der Waals surface area (Å²) in [7, 11) is 0. The SMILES string of the molecule is O=C(CNc1ccccc1OC(F)(F)F)Nc1ccc(Br)cc1. The van der Waals surface area contributed by atoms with E-state index in [0.717, 1.165) is 4.47 Å². The molecule has 0 aliphatic rings. The minimum atomic E-state index is -4.79. The highest BCUT2D eigenvalue weighted by Gasteiger charge is 2.32. The number of benzene rings is 2. The maximum atomic E-state index is 12.3. The summed E-state index contributed by atoms with van der Waals surface area (Å²) < 4.78 is 41.7. The number of carbonyl (C=O) groups excluding carboxylic acids is 1. The summed E-state index contributed by atoms with van der Waals surface area (Å²) in [5.74, 6) is -0.787. The number of ether oxygens (including phenoxy) is 1. The molecule has 4 nitrogen and oxygen atoms in total. The molecule has 8 heteroatoms. The molecule has 0 aromatic heterocycles. The molecule has 0 aliphatic carbocycles. The Bertz CT molecular complexity index is 675. The zero-order valence-electron chi connectivity index (χ0n) is 11.7. The number of hydrogen-bond donors (Lipinski definition) is 2. The normalized spacial score (nSPS) is 11.0. The van der Waals surface area contributed by atoms with Gasteiger partial charge in [0.15, 0.2) is 5.75 Å². The Morgan fingerprint density at radius 3 is 2.39 bits per heavy atom. The van der Waals surface area contributed by atoms with Gasteiger partial charge in [-0.05, 0) is 36.4 Å². The first-order chi connectivity index (χ1) is 10.8. The minimum Gasteiger partial charge on any atom is -0.404 e. The van der Waals surface area contributed by atoms with Crippen molar-refractivity contribution in [3.63, 3.8) is 0 Å². The third-order valence-electron chi connectivity index (χ3n) is 2.68. The summed E-state index contributed by atoms with van der Waals surface area (Å²) in [5.41, 5.74) is 0.663. The van der Waals surface area contributed by atoms with Gasteiger partial charge in [0.1, 0.15) is 0 Å². The molecule has 0 aliphatic heterocycles. The van der Waals surface area contributed by atoms with Crippen LogP contribution in [0.3, 0.4) is 0 Å². The van der Waals surface area contributed by atoms with Gasteiger partial charge in [0.2, 0.25) is 5.91 Å². The second-order valence-corrected chi connectivity index (χ2v) is 5.37. The smallest absolute Gasteiger partial charge is 0.404 e. The highest BCUT2D eigenvalue weighted by atomic mass is 79.9. The highest BCUT2D eigenvalue weighted by Crippen LogP contribution is 2.29. The number of halogens is 4. The molecule has 0 spiro atoms. The monoisotopic (exact) mass is 388 g/mol. The van der Waals surface area contributed by atoms with Crippen molar-refractivity contribution >= 4 is 33.2 Å². The van der Waals surface area contributed by atoms with E-state index in [1.54, 1.807) is 24.3 Å². The number of amides is 1. The zero-order valence-corrected chi connectivity index (χ0v) is 13.2. The van der Waals surface area contributed by atoms with Crippen molar-refractivity contribution < 1.29 is 22.7 Å². The van der Waals surface area contributed by atoms with Crippen molar-refractivity contribution in [1.82, 2.24) is 0 Å². The lowest BCUT2D eigenvalue weighted by Crippen LogP contribution is -2.23. The van der Waals surface area contributed by atoms with Gasteiger partial charge in [-0.3, -0.25) is 4.79 Å². The van der Waals surface area contributed by atoms with Gasteiger partial charge in [0.25, 0.3) is 0 Å². The first-order valence-corrected chi connectivity index (χ1v) is 7.27. The second-order valence-electron chi connectivity index (χ2n) is 4.45. The second kappa shape index (κ2) is 7.36. The molecule has 0 radical (unpaired) electrons. The fourth-order valence-corrected chi connectivity index (χ4v) is 2.00. The van der Waals surface area contributed by atoms with Crippen LogP contribution >= 0.6 is 15.9 Å². The van der Waals surface area contributed by atoms with Crippen LogP contribution in [-0.4, -0.2) is 18.8 Å². The molecule has 122 valence electrons. The standard InChI is InChI=1S/C15H12BrF3N2O2/c16-10-5-7-11(8-6-10)21-14(22)9-20-12-3-1-2-4-13(12)23-15(17,18)19/h1-8,20H,9H2,(H,21,22). The maximum Gasteiger partial charge on any atom is 0.573 e. The minimum absolute atomic E-state index is 0.0794. The highest BCUT2D eigenvalue weighted by molar-refractivity contribution is 9.10. The van der Waals surface area contributed by atoms with Crippen molar-refractivity contribution in [2.75, 3.05) is 17.2 Å². The number of rotatable bonds is 5. The van der Waals surface area contributed by atoms with E-state index < -0.39 is 18.0 Å². The van der Waals surface area contributed by atoms with Crippen LogP contribution < -0.4 is 15.4 Å². The molecule has 0 bridgehead atoms. The van der Waals surface area contributed by atoms with E-state index >= 15 is 0 Å². The van der Waals surface area contributed by atoms with E-state index in [-0.39, 0.29) is 12.2 Å². The zero-order chi connectivity index (χ0) is 16.9. The molecule has 0 saturated carbocycles. The van der Waals surface area contributed by atoms with Gasteiger partial charge in [0, 0.05) is 10.2 Å². The van der Waals surface area contributed by atoms with Crippen LogP contribution in [0.25, 0.3) is 0 Å². The van der Waals surface area contributed by atoms with Crippen LogP contribution in [0, 0.1) is 0 Å². The third kappa shape index (κ3) is 5.82. The van der Waals surface area contributed by atoms with E-state index in [9.17, 15) is 18.0 Å². The van der Waals surface area contributed by atoms with Gasteiger partial charge < -0.3 is 15.4 Å². The van der Waals surface area contributed by atoms with Crippen LogP contribution in [-0.2, 0) is 4.79 Å². The summed E-state index contributed by atoms with van der Waals surface area (Å²) in [6, 6.07) is 12.4. The Hall–Kier alpha value is -2.22. The van der Waals surface area contributed by atoms with Crippen LogP contribution in [0.4, 0.5) is 24.5 Å². The Kier molecular flexibility index (Phi) is 5.49. The van der Waals surface area contributed by atoms with Crippen molar-refractivity contribution in [2.24, 2.45) is 0 Å². The number of para-hydroxylation sites is 2. The predicted octanol–water partition coefficient (Wildman–Crippen LogP) is 4.40. The molecule has 0 heterocycles. The quantitative estimate of drug-likeness (QED) is 0.797. The Labute approximate surface area is 138 Å². The summed E-state index contributed by atoms with van der Waals surface area (Å²) in [4.78, 5) is 11.8. The molecule has 23 heavy (non-hydrogen) atoms. The van der Waals surface area contributed by atoms with E-state index in [1.165, 1.54) is 24.3 Å². The number of hydrogen-bond acceptors (Lipinski definition) is 3. The lowest BCUT2D eigenvalue weighted by atomic mass is 10.3. The first-order valence-electron chi connectivity index (χ1n) is 6.47. The third-order valence-corrected chi connectivity index (χ3v) is 3.21. The molecule has 0 unspecified atom stereocenters. The van der Waals surface area contributed by atoms with Gasteiger partial charge in [-0.25, -0.2) is 0 Å². The van der Waals surface area contributed by atoms with Crippen molar-refractivity contribution in [2.45, 2.75) is 6.36 Å². The largest absolute Gasteiger partial charge is 0.573 e. The first kappa shape index (κ1) is 17.1. The molecule has 1 amide bonds. The fourth-order valence-electron chi connectivity index (χ4n) is 1.74. The summed E-state index contributed by atoms with van der Waals surface area (Å²) in [5, 5.41) is 5.24. The Morgan fingerprint density at radius 1 is 1.09 bits per heavy atom. The molecule has 0 atom stereocenters. The van der Waals surface area contributed by atoms with E-state index in [2.05, 4.69) is 31.3 Å². The van der Waals surface area contributed by atoms with E-state index in [0.29, 0.717) is 5.69 Å². The average molecular weight is 389 g/mol. The average Bonchev–Trinajstić information content (AvgIpc) is 2.47. The lowest BCUT2D eigenvalue weighted by Gasteiger charge is -2.14. The van der Waals surface area contributed by atoms with Crippen molar-refractivity contribution in [1.29, 1.82) is 0 Å². The van der Waals surface area contributed by atoms with Crippen LogP contribution in [0.15, 0.2) is 53.0 Å². The molecule has 0 fully saturated rings. The molecule has 2 aromatic carbocycles. The molecule has 0 saturated heterocycles. The number of nitrogens with one attached hydrogen (secondary N) is 2. The maximum absolute atomic E-state index is 12.3. The summed E-state index contributed by atoms with van der Waals surface area (Å²) in [6.45, 7) is -0.200. The van der Waals surface area contributed by atoms with Crippen LogP contribution in [0.5, 0.6) is 5.75 Å². The Balaban J connectivity index is 1.95. The number of carbonyl (C=O) groups is 1.